The van der Waals surface area contributed by atoms with Crippen LogP contribution in [-0.2, 0) is 16.0 Å². The first-order valence-corrected chi connectivity index (χ1v) is 11.5. The Morgan fingerprint density at radius 1 is 1.06 bits per heavy atom. The van der Waals surface area contributed by atoms with Crippen molar-refractivity contribution in [3.05, 3.63) is 69.8 Å². The molecule has 0 aliphatic heterocycles. The van der Waals surface area contributed by atoms with Crippen LogP contribution >= 0.6 is 0 Å². The molecule has 8 nitrogen and oxygen atoms in total. The smallest absolute Gasteiger partial charge is 0.322 e. The lowest BCUT2D eigenvalue weighted by Crippen LogP contribution is -2.41. The van der Waals surface area contributed by atoms with Gasteiger partial charge in [-0.05, 0) is 50.5 Å². The molecule has 0 saturated heterocycles. The van der Waals surface area contributed by atoms with Gasteiger partial charge in [-0.3, -0.25) is 9.36 Å². The van der Waals surface area contributed by atoms with Gasteiger partial charge in [0.1, 0.15) is 5.82 Å². The fraction of sp³-hybridized carbons (Fsp3) is 0.423. The van der Waals surface area contributed by atoms with E-state index in [1.54, 1.807) is 29.8 Å². The predicted octanol–water partition coefficient (Wildman–Crippen LogP) is 4.29. The summed E-state index contributed by atoms with van der Waals surface area (Å²) in [6.07, 6.45) is 0.650. The second-order valence-corrected chi connectivity index (χ2v) is 8.35. The molecular formula is C26H34N4O4. The first kappa shape index (κ1) is 25.4. The summed E-state index contributed by atoms with van der Waals surface area (Å²) in [7, 11) is 3.23. The SMILES string of the molecule is COCCCN(C(=O)Nc1c(C)cccc1C)C(C)c1nc2ccccc2c(=O)n1CCOC. The molecule has 34 heavy (non-hydrogen) atoms. The summed E-state index contributed by atoms with van der Waals surface area (Å²) in [5.74, 6) is 0.523. The van der Waals surface area contributed by atoms with E-state index in [4.69, 9.17) is 14.5 Å². The van der Waals surface area contributed by atoms with Crippen LogP contribution in [-0.4, -0.2) is 54.5 Å². The van der Waals surface area contributed by atoms with Crippen molar-refractivity contribution in [3.8, 4) is 0 Å². The highest BCUT2D eigenvalue weighted by atomic mass is 16.5. The Morgan fingerprint density at radius 3 is 2.41 bits per heavy atom. The van der Waals surface area contributed by atoms with Crippen LogP contribution in [0.25, 0.3) is 10.9 Å². The summed E-state index contributed by atoms with van der Waals surface area (Å²) >= 11 is 0. The van der Waals surface area contributed by atoms with Gasteiger partial charge in [-0.2, -0.15) is 0 Å². The molecule has 0 bridgehead atoms. The molecule has 0 aliphatic rings. The number of methoxy groups -OCH3 is 2. The third-order valence-electron chi connectivity index (χ3n) is 5.97. The average Bonchev–Trinajstić information content (AvgIpc) is 2.83. The number of nitrogens with zero attached hydrogens (tertiary/aromatic N) is 3. The van der Waals surface area contributed by atoms with E-state index in [9.17, 15) is 9.59 Å². The fourth-order valence-corrected chi connectivity index (χ4v) is 4.08. The van der Waals surface area contributed by atoms with Gasteiger partial charge in [-0.25, -0.2) is 9.78 Å². The number of aromatic nitrogens is 2. The largest absolute Gasteiger partial charge is 0.385 e. The second-order valence-electron chi connectivity index (χ2n) is 8.35. The van der Waals surface area contributed by atoms with Crippen LogP contribution in [0.1, 0.15) is 36.3 Å². The summed E-state index contributed by atoms with van der Waals surface area (Å²) in [6, 6.07) is 12.5. The van der Waals surface area contributed by atoms with Crippen molar-refractivity contribution >= 4 is 22.6 Å². The molecule has 0 fully saturated rings. The number of aryl methyl sites for hydroxylation is 2. The monoisotopic (exact) mass is 466 g/mol. The summed E-state index contributed by atoms with van der Waals surface area (Å²) in [5.41, 5.74) is 3.23. The Morgan fingerprint density at radius 2 is 1.74 bits per heavy atom. The van der Waals surface area contributed by atoms with Crippen LogP contribution in [0, 0.1) is 13.8 Å². The predicted molar refractivity (Wildman–Crippen MR) is 134 cm³/mol. The highest BCUT2D eigenvalue weighted by Crippen LogP contribution is 2.24. The lowest BCUT2D eigenvalue weighted by molar-refractivity contribution is 0.155. The number of amides is 2. The summed E-state index contributed by atoms with van der Waals surface area (Å²) < 4.78 is 12.1. The Labute approximate surface area is 200 Å². The number of carbonyl (C=O) groups excluding carboxylic acids is 1. The number of anilines is 1. The lowest BCUT2D eigenvalue weighted by Gasteiger charge is -2.31. The molecule has 1 unspecified atom stereocenters. The molecule has 1 heterocycles. The maximum absolute atomic E-state index is 13.5. The van der Waals surface area contributed by atoms with Crippen molar-refractivity contribution in [2.75, 3.05) is 39.3 Å². The fourth-order valence-electron chi connectivity index (χ4n) is 4.08. The third kappa shape index (κ3) is 5.63. The van der Waals surface area contributed by atoms with Crippen LogP contribution in [0.3, 0.4) is 0 Å². The Balaban J connectivity index is 2.04. The van der Waals surface area contributed by atoms with E-state index in [1.807, 2.05) is 57.2 Å². The second kappa shape index (κ2) is 11.8. The number of hydrogen-bond acceptors (Lipinski definition) is 5. The molecule has 0 spiro atoms. The van der Waals surface area contributed by atoms with Crippen LogP contribution in [0.5, 0.6) is 0 Å². The molecule has 0 radical (unpaired) electrons. The molecule has 1 N–H and O–H groups in total. The molecule has 8 heteroatoms. The van der Waals surface area contributed by atoms with E-state index in [0.29, 0.717) is 49.5 Å². The van der Waals surface area contributed by atoms with Crippen molar-refractivity contribution < 1.29 is 14.3 Å². The number of benzene rings is 2. The maximum Gasteiger partial charge on any atom is 0.322 e. The van der Waals surface area contributed by atoms with E-state index in [-0.39, 0.29) is 11.6 Å². The maximum atomic E-state index is 13.5. The van der Waals surface area contributed by atoms with E-state index in [0.717, 1.165) is 16.8 Å². The minimum atomic E-state index is -0.463. The zero-order chi connectivity index (χ0) is 24.7. The van der Waals surface area contributed by atoms with Crippen molar-refractivity contribution in [1.82, 2.24) is 14.5 Å². The van der Waals surface area contributed by atoms with Crippen molar-refractivity contribution in [2.24, 2.45) is 0 Å². The molecule has 3 rings (SSSR count). The van der Waals surface area contributed by atoms with Crippen LogP contribution in [0.15, 0.2) is 47.3 Å². The number of para-hydroxylation sites is 2. The van der Waals surface area contributed by atoms with E-state index < -0.39 is 6.04 Å². The number of rotatable bonds is 10. The Bertz CT molecular complexity index is 1170. The first-order chi connectivity index (χ1) is 16.4. The number of hydrogen-bond donors (Lipinski definition) is 1. The van der Waals surface area contributed by atoms with Gasteiger partial charge in [-0.15, -0.1) is 0 Å². The molecule has 2 amide bonds. The minimum absolute atomic E-state index is 0.142. The summed E-state index contributed by atoms with van der Waals surface area (Å²) in [4.78, 5) is 33.4. The highest BCUT2D eigenvalue weighted by molar-refractivity contribution is 5.91. The standard InChI is InChI=1S/C26H34N4O4/c1-18-10-8-11-19(2)23(18)28-26(32)29(14-9-16-33-4)20(3)24-27-22-13-7-6-12-21(22)25(31)30(24)15-17-34-5/h6-8,10-13,20H,9,14-17H2,1-5H3,(H,28,32). The highest BCUT2D eigenvalue weighted by Gasteiger charge is 2.26. The molecule has 0 saturated carbocycles. The number of ether oxygens (including phenoxy) is 2. The Kier molecular flexibility index (Phi) is 8.79. The van der Waals surface area contributed by atoms with Gasteiger partial charge in [0.05, 0.1) is 30.1 Å². The molecule has 3 aromatic rings. The normalized spacial score (nSPS) is 12.0. The van der Waals surface area contributed by atoms with Crippen molar-refractivity contribution in [3.63, 3.8) is 0 Å². The summed E-state index contributed by atoms with van der Waals surface area (Å²) in [5, 5.41) is 3.62. The number of urea groups is 1. The van der Waals surface area contributed by atoms with Gasteiger partial charge < -0.3 is 19.7 Å². The topological polar surface area (TPSA) is 85.7 Å². The van der Waals surface area contributed by atoms with Crippen LogP contribution in [0.4, 0.5) is 10.5 Å². The number of carbonyl (C=O) groups is 1. The van der Waals surface area contributed by atoms with Crippen LogP contribution < -0.4 is 10.9 Å². The molecule has 0 aliphatic carbocycles. The molecular weight excluding hydrogens is 432 g/mol. The quantitative estimate of drug-likeness (QED) is 0.451. The zero-order valence-corrected chi connectivity index (χ0v) is 20.6. The lowest BCUT2D eigenvalue weighted by atomic mass is 10.1. The van der Waals surface area contributed by atoms with E-state index in [2.05, 4.69) is 5.32 Å². The molecule has 1 atom stereocenters. The molecule has 2 aromatic carbocycles. The minimum Gasteiger partial charge on any atom is -0.385 e. The van der Waals surface area contributed by atoms with Gasteiger partial charge in [0.25, 0.3) is 5.56 Å². The van der Waals surface area contributed by atoms with E-state index >= 15 is 0 Å². The van der Waals surface area contributed by atoms with Gasteiger partial charge in [0, 0.05) is 33.1 Å². The molecule has 182 valence electrons. The average molecular weight is 467 g/mol. The van der Waals surface area contributed by atoms with Gasteiger partial charge in [0.2, 0.25) is 0 Å². The van der Waals surface area contributed by atoms with Crippen molar-refractivity contribution in [2.45, 2.75) is 39.8 Å². The van der Waals surface area contributed by atoms with Crippen molar-refractivity contribution in [1.29, 1.82) is 0 Å². The Hall–Kier alpha value is -3.23. The van der Waals surface area contributed by atoms with Gasteiger partial charge in [-0.1, -0.05) is 30.3 Å². The number of nitrogens with one attached hydrogen (secondary N) is 1. The summed E-state index contributed by atoms with van der Waals surface area (Å²) in [6.45, 7) is 7.50. The van der Waals surface area contributed by atoms with Gasteiger partial charge >= 0.3 is 6.03 Å². The molecule has 1 aromatic heterocycles. The van der Waals surface area contributed by atoms with E-state index in [1.165, 1.54) is 0 Å². The third-order valence-corrected chi connectivity index (χ3v) is 5.97. The van der Waals surface area contributed by atoms with Gasteiger partial charge in [0.15, 0.2) is 0 Å². The van der Waals surface area contributed by atoms with Crippen LogP contribution in [0.2, 0.25) is 0 Å². The number of fused-ring (bicyclic) bond motifs is 1. The first-order valence-electron chi connectivity index (χ1n) is 11.5. The zero-order valence-electron chi connectivity index (χ0n) is 20.6.